The number of hydrogen-bond donors (Lipinski definition) is 1. The Bertz CT molecular complexity index is 367. The highest BCUT2D eigenvalue weighted by atomic mass is 32.1. The summed E-state index contributed by atoms with van der Waals surface area (Å²) in [6.45, 7) is 0. The molecule has 12 heavy (non-hydrogen) atoms. The fraction of sp³-hybridized carbons (Fsp3) is 0. The lowest BCUT2D eigenvalue weighted by atomic mass is 10.1. The van der Waals surface area contributed by atoms with Crippen molar-refractivity contribution in [1.29, 1.82) is 0 Å². The summed E-state index contributed by atoms with van der Waals surface area (Å²) in [7, 11) is 0. The van der Waals surface area contributed by atoms with Gasteiger partial charge in [0.2, 0.25) is 0 Å². The molecule has 0 saturated heterocycles. The highest BCUT2D eigenvalue weighted by Gasteiger charge is 2.02. The SMILES string of the molecule is Nc1nscc1-c1ccccc1. The van der Waals surface area contributed by atoms with Gasteiger partial charge in [-0.25, -0.2) is 0 Å². The maximum atomic E-state index is 5.67. The Hall–Kier alpha value is -1.35. The molecule has 2 rings (SSSR count). The molecule has 1 aromatic heterocycles. The summed E-state index contributed by atoms with van der Waals surface area (Å²) >= 11 is 1.39. The molecule has 3 heteroatoms. The van der Waals surface area contributed by atoms with E-state index < -0.39 is 0 Å². The van der Waals surface area contributed by atoms with E-state index in [0.717, 1.165) is 11.1 Å². The van der Waals surface area contributed by atoms with E-state index in [1.54, 1.807) is 0 Å². The van der Waals surface area contributed by atoms with Crippen molar-refractivity contribution in [1.82, 2.24) is 4.37 Å². The monoisotopic (exact) mass is 176 g/mol. The molecular weight excluding hydrogens is 168 g/mol. The van der Waals surface area contributed by atoms with Gasteiger partial charge in [0, 0.05) is 10.9 Å². The minimum absolute atomic E-state index is 0.617. The van der Waals surface area contributed by atoms with Crippen LogP contribution in [0.3, 0.4) is 0 Å². The maximum absolute atomic E-state index is 5.67. The number of rotatable bonds is 1. The molecule has 0 amide bonds. The summed E-state index contributed by atoms with van der Waals surface area (Å²) in [5.41, 5.74) is 7.83. The average molecular weight is 176 g/mol. The van der Waals surface area contributed by atoms with E-state index in [1.807, 2.05) is 35.7 Å². The Morgan fingerprint density at radius 1 is 1.17 bits per heavy atom. The molecule has 0 spiro atoms. The first kappa shape index (κ1) is 7.31. The first-order valence-electron chi connectivity index (χ1n) is 3.63. The topological polar surface area (TPSA) is 38.9 Å². The highest BCUT2D eigenvalue weighted by Crippen LogP contribution is 2.25. The first-order valence-corrected chi connectivity index (χ1v) is 4.47. The molecule has 0 bridgehead atoms. The summed E-state index contributed by atoms with van der Waals surface area (Å²) < 4.78 is 4.01. The summed E-state index contributed by atoms with van der Waals surface area (Å²) in [6.07, 6.45) is 0. The Labute approximate surface area is 74.8 Å². The van der Waals surface area contributed by atoms with Crippen LogP contribution in [-0.2, 0) is 0 Å². The van der Waals surface area contributed by atoms with Gasteiger partial charge in [0.25, 0.3) is 0 Å². The molecule has 0 fully saturated rings. The Kier molecular flexibility index (Phi) is 1.80. The Morgan fingerprint density at radius 3 is 2.50 bits per heavy atom. The summed E-state index contributed by atoms with van der Waals surface area (Å²) in [5, 5.41) is 1.96. The lowest BCUT2D eigenvalue weighted by molar-refractivity contribution is 1.55. The standard InChI is InChI=1S/C9H8N2S/c10-9-8(6-12-11-9)7-4-2-1-3-5-7/h1-6H,(H2,10,11). The third-order valence-electron chi connectivity index (χ3n) is 1.68. The predicted molar refractivity (Wildman–Crippen MR) is 52.0 cm³/mol. The number of benzene rings is 1. The van der Waals surface area contributed by atoms with Crippen LogP contribution in [0.4, 0.5) is 5.82 Å². The molecule has 1 aromatic carbocycles. The van der Waals surface area contributed by atoms with Gasteiger partial charge in [0.1, 0.15) is 5.82 Å². The summed E-state index contributed by atoms with van der Waals surface area (Å²) in [5.74, 6) is 0.617. The van der Waals surface area contributed by atoms with Gasteiger partial charge in [-0.15, -0.1) is 0 Å². The molecule has 0 radical (unpaired) electrons. The third-order valence-corrected chi connectivity index (χ3v) is 2.33. The summed E-state index contributed by atoms with van der Waals surface area (Å²) in [4.78, 5) is 0. The second-order valence-corrected chi connectivity index (χ2v) is 3.11. The molecule has 0 aliphatic heterocycles. The zero-order valence-corrected chi connectivity index (χ0v) is 7.21. The van der Waals surface area contributed by atoms with Crippen LogP contribution in [0.1, 0.15) is 0 Å². The fourth-order valence-corrected chi connectivity index (χ4v) is 1.71. The van der Waals surface area contributed by atoms with E-state index in [9.17, 15) is 0 Å². The molecule has 0 atom stereocenters. The molecule has 2 aromatic rings. The largest absolute Gasteiger partial charge is 0.382 e. The molecular formula is C9H8N2S. The molecule has 0 aliphatic rings. The number of anilines is 1. The van der Waals surface area contributed by atoms with Gasteiger partial charge in [0.15, 0.2) is 0 Å². The first-order chi connectivity index (χ1) is 5.88. The van der Waals surface area contributed by atoms with E-state index in [-0.39, 0.29) is 0 Å². The fourth-order valence-electron chi connectivity index (χ4n) is 1.08. The Morgan fingerprint density at radius 2 is 1.92 bits per heavy atom. The molecule has 2 N–H and O–H groups in total. The lowest BCUT2D eigenvalue weighted by Gasteiger charge is -1.96. The van der Waals surface area contributed by atoms with E-state index >= 15 is 0 Å². The van der Waals surface area contributed by atoms with Crippen molar-refractivity contribution in [2.24, 2.45) is 0 Å². The smallest absolute Gasteiger partial charge is 0.144 e. The van der Waals surface area contributed by atoms with Crippen LogP contribution in [-0.4, -0.2) is 4.37 Å². The van der Waals surface area contributed by atoms with Gasteiger partial charge in [-0.2, -0.15) is 4.37 Å². The van der Waals surface area contributed by atoms with Crippen molar-refractivity contribution in [2.45, 2.75) is 0 Å². The number of aromatic nitrogens is 1. The molecule has 1 heterocycles. The number of hydrogen-bond acceptors (Lipinski definition) is 3. The molecule has 0 unspecified atom stereocenters. The van der Waals surface area contributed by atoms with E-state index in [0.29, 0.717) is 5.82 Å². The molecule has 60 valence electrons. The van der Waals surface area contributed by atoms with Crippen molar-refractivity contribution < 1.29 is 0 Å². The third kappa shape index (κ3) is 1.19. The van der Waals surface area contributed by atoms with Crippen molar-refractivity contribution in [3.05, 3.63) is 35.7 Å². The van der Waals surface area contributed by atoms with Gasteiger partial charge in [-0.3, -0.25) is 0 Å². The van der Waals surface area contributed by atoms with Crippen LogP contribution in [0.2, 0.25) is 0 Å². The van der Waals surface area contributed by atoms with Gasteiger partial charge >= 0.3 is 0 Å². The van der Waals surface area contributed by atoms with Crippen LogP contribution in [0.5, 0.6) is 0 Å². The number of nitrogens with two attached hydrogens (primary N) is 1. The van der Waals surface area contributed by atoms with Gasteiger partial charge in [-0.05, 0) is 17.1 Å². The molecule has 0 aliphatic carbocycles. The zero-order chi connectivity index (χ0) is 8.39. The minimum Gasteiger partial charge on any atom is -0.382 e. The second kappa shape index (κ2) is 2.95. The highest BCUT2D eigenvalue weighted by molar-refractivity contribution is 7.04. The Balaban J connectivity index is 2.51. The number of nitrogen functional groups attached to an aromatic ring is 1. The normalized spacial score (nSPS) is 10.0. The van der Waals surface area contributed by atoms with E-state index in [1.165, 1.54) is 11.5 Å². The van der Waals surface area contributed by atoms with Crippen LogP contribution < -0.4 is 5.73 Å². The average Bonchev–Trinajstić information content (AvgIpc) is 2.53. The van der Waals surface area contributed by atoms with Crippen molar-refractivity contribution >= 4 is 17.4 Å². The van der Waals surface area contributed by atoms with Crippen LogP contribution in [0.25, 0.3) is 11.1 Å². The second-order valence-electron chi connectivity index (χ2n) is 2.48. The van der Waals surface area contributed by atoms with Gasteiger partial charge in [-0.1, -0.05) is 30.3 Å². The molecule has 0 saturated carbocycles. The quantitative estimate of drug-likeness (QED) is 0.724. The van der Waals surface area contributed by atoms with Crippen LogP contribution in [0, 0.1) is 0 Å². The van der Waals surface area contributed by atoms with E-state index in [4.69, 9.17) is 5.73 Å². The van der Waals surface area contributed by atoms with Crippen LogP contribution in [0.15, 0.2) is 35.7 Å². The van der Waals surface area contributed by atoms with E-state index in [2.05, 4.69) is 4.37 Å². The van der Waals surface area contributed by atoms with Crippen molar-refractivity contribution in [2.75, 3.05) is 5.73 Å². The predicted octanol–water partition coefficient (Wildman–Crippen LogP) is 2.39. The van der Waals surface area contributed by atoms with Gasteiger partial charge in [0.05, 0.1) is 0 Å². The summed E-state index contributed by atoms with van der Waals surface area (Å²) in [6, 6.07) is 10.0. The van der Waals surface area contributed by atoms with Gasteiger partial charge < -0.3 is 5.73 Å². The van der Waals surface area contributed by atoms with Crippen LogP contribution >= 0.6 is 11.5 Å². The zero-order valence-electron chi connectivity index (χ0n) is 6.40. The minimum atomic E-state index is 0.617. The number of nitrogens with zero attached hydrogens (tertiary/aromatic N) is 1. The molecule has 2 nitrogen and oxygen atoms in total. The lowest BCUT2D eigenvalue weighted by Crippen LogP contribution is -1.86. The van der Waals surface area contributed by atoms with Crippen molar-refractivity contribution in [3.63, 3.8) is 0 Å². The maximum Gasteiger partial charge on any atom is 0.144 e. The van der Waals surface area contributed by atoms with Crippen molar-refractivity contribution in [3.8, 4) is 11.1 Å².